The van der Waals surface area contributed by atoms with E-state index in [9.17, 15) is 9.59 Å². The Morgan fingerprint density at radius 3 is 2.67 bits per heavy atom. The number of furan rings is 1. The summed E-state index contributed by atoms with van der Waals surface area (Å²) in [5.41, 5.74) is 6.30. The lowest BCUT2D eigenvalue weighted by molar-refractivity contribution is 0.101. The van der Waals surface area contributed by atoms with Gasteiger partial charge in [0.15, 0.2) is 5.76 Å². The average molecular weight is 389 g/mol. The number of hydrogen-bond donors (Lipinski definition) is 2. The fraction of sp³-hybridized carbons (Fsp3) is 0.0588. The van der Waals surface area contributed by atoms with E-state index in [0.717, 1.165) is 4.47 Å². The number of methoxy groups -OCH3 is 1. The molecule has 0 aliphatic heterocycles. The second-order valence-electron chi connectivity index (χ2n) is 5.00. The maximum atomic E-state index is 12.8. The number of nitrogens with one attached hydrogen (secondary N) is 1. The molecule has 2 amide bonds. The molecule has 0 radical (unpaired) electrons. The van der Waals surface area contributed by atoms with Gasteiger partial charge in [-0.1, -0.05) is 28.1 Å². The zero-order valence-electron chi connectivity index (χ0n) is 12.6. The number of hydrogen-bond acceptors (Lipinski definition) is 4. The van der Waals surface area contributed by atoms with Crippen molar-refractivity contribution in [3.05, 3.63) is 58.3 Å². The lowest BCUT2D eigenvalue weighted by Crippen LogP contribution is -2.20. The van der Waals surface area contributed by atoms with Crippen LogP contribution in [0.5, 0.6) is 5.75 Å². The van der Waals surface area contributed by atoms with E-state index in [2.05, 4.69) is 21.2 Å². The molecule has 0 saturated carbocycles. The predicted octanol–water partition coefficient (Wildman–Crippen LogP) is 3.93. The lowest BCUT2D eigenvalue weighted by Gasteiger charge is -2.03. The summed E-state index contributed by atoms with van der Waals surface area (Å²) >= 11 is 3.33. The monoisotopic (exact) mass is 388 g/mol. The predicted molar refractivity (Wildman–Crippen MR) is 93.5 cm³/mol. The van der Waals surface area contributed by atoms with Gasteiger partial charge in [-0.15, -0.1) is 0 Å². The number of carbonyl (C=O) groups is 2. The molecular weight excluding hydrogens is 376 g/mol. The van der Waals surface area contributed by atoms with Crippen molar-refractivity contribution < 1.29 is 18.7 Å². The fourth-order valence-corrected chi connectivity index (χ4v) is 2.77. The Kier molecular flexibility index (Phi) is 4.26. The Morgan fingerprint density at radius 1 is 1.21 bits per heavy atom. The van der Waals surface area contributed by atoms with Gasteiger partial charge in [0.2, 0.25) is 5.78 Å². The molecule has 122 valence electrons. The highest BCUT2D eigenvalue weighted by molar-refractivity contribution is 9.10. The van der Waals surface area contributed by atoms with Crippen molar-refractivity contribution in [2.24, 2.45) is 5.73 Å². The molecule has 3 rings (SSSR count). The molecule has 0 aliphatic carbocycles. The van der Waals surface area contributed by atoms with Crippen LogP contribution in [0.15, 0.2) is 51.4 Å². The number of rotatable bonds is 4. The minimum Gasteiger partial charge on any atom is -0.497 e. The molecule has 1 aromatic heterocycles. The second kappa shape index (κ2) is 6.37. The lowest BCUT2D eigenvalue weighted by atomic mass is 10.1. The first kappa shape index (κ1) is 16.1. The van der Waals surface area contributed by atoms with Gasteiger partial charge >= 0.3 is 6.03 Å². The van der Waals surface area contributed by atoms with E-state index in [0.29, 0.717) is 22.3 Å². The average Bonchev–Trinajstić information content (AvgIpc) is 2.91. The molecule has 24 heavy (non-hydrogen) atoms. The molecule has 3 N–H and O–H groups in total. The number of halogens is 1. The van der Waals surface area contributed by atoms with E-state index in [1.807, 2.05) is 6.07 Å². The summed E-state index contributed by atoms with van der Waals surface area (Å²) in [5.74, 6) is 0.216. The summed E-state index contributed by atoms with van der Waals surface area (Å²) in [6.07, 6.45) is 0. The minimum absolute atomic E-state index is 0.00940. The van der Waals surface area contributed by atoms with E-state index in [-0.39, 0.29) is 17.2 Å². The van der Waals surface area contributed by atoms with Crippen LogP contribution in [0.3, 0.4) is 0 Å². The van der Waals surface area contributed by atoms with Crippen LogP contribution in [0.2, 0.25) is 0 Å². The Hall–Kier alpha value is -2.80. The van der Waals surface area contributed by atoms with Crippen molar-refractivity contribution in [2.45, 2.75) is 0 Å². The number of anilines is 1. The maximum absolute atomic E-state index is 12.8. The van der Waals surface area contributed by atoms with Gasteiger partial charge in [-0.25, -0.2) is 4.79 Å². The fourth-order valence-electron chi connectivity index (χ4n) is 2.37. The molecule has 0 bridgehead atoms. The maximum Gasteiger partial charge on any atom is 0.316 e. The van der Waals surface area contributed by atoms with Crippen LogP contribution >= 0.6 is 15.9 Å². The Balaban J connectivity index is 2.18. The Morgan fingerprint density at radius 2 is 2.00 bits per heavy atom. The summed E-state index contributed by atoms with van der Waals surface area (Å²) in [6, 6.07) is 11.1. The van der Waals surface area contributed by atoms with E-state index >= 15 is 0 Å². The van der Waals surface area contributed by atoms with Crippen LogP contribution in [-0.2, 0) is 0 Å². The van der Waals surface area contributed by atoms with Gasteiger partial charge in [-0.3, -0.25) is 4.79 Å². The number of primary amides is 1. The first-order valence-electron chi connectivity index (χ1n) is 6.97. The molecule has 1 heterocycles. The third kappa shape index (κ3) is 2.98. The van der Waals surface area contributed by atoms with Gasteiger partial charge in [0, 0.05) is 21.5 Å². The Labute approximate surface area is 145 Å². The smallest absolute Gasteiger partial charge is 0.316 e. The quantitative estimate of drug-likeness (QED) is 0.662. The van der Waals surface area contributed by atoms with E-state index in [1.165, 1.54) is 7.11 Å². The molecule has 0 fully saturated rings. The van der Waals surface area contributed by atoms with Crippen molar-refractivity contribution >= 4 is 44.4 Å². The van der Waals surface area contributed by atoms with Gasteiger partial charge in [-0.2, -0.15) is 0 Å². The summed E-state index contributed by atoms with van der Waals surface area (Å²) < 4.78 is 11.6. The summed E-state index contributed by atoms with van der Waals surface area (Å²) in [5, 5.41) is 3.03. The number of fused-ring (bicyclic) bond motifs is 1. The molecule has 0 atom stereocenters. The highest BCUT2D eigenvalue weighted by Crippen LogP contribution is 2.34. The van der Waals surface area contributed by atoms with Gasteiger partial charge in [0.1, 0.15) is 17.0 Å². The zero-order chi connectivity index (χ0) is 17.3. The zero-order valence-corrected chi connectivity index (χ0v) is 14.2. The van der Waals surface area contributed by atoms with Gasteiger partial charge in [0.05, 0.1) is 7.11 Å². The SMILES string of the molecule is COc1ccc2c(NC(N)=O)c(C(=O)c3cccc(Br)c3)oc2c1. The van der Waals surface area contributed by atoms with Crippen LogP contribution in [0.1, 0.15) is 16.1 Å². The highest BCUT2D eigenvalue weighted by Gasteiger charge is 2.23. The van der Waals surface area contributed by atoms with Crippen LogP contribution in [-0.4, -0.2) is 18.9 Å². The topological polar surface area (TPSA) is 94.6 Å². The van der Waals surface area contributed by atoms with E-state index < -0.39 is 6.03 Å². The van der Waals surface area contributed by atoms with Crippen LogP contribution in [0, 0.1) is 0 Å². The number of benzene rings is 2. The summed E-state index contributed by atoms with van der Waals surface area (Å²) in [6.45, 7) is 0. The molecule has 0 unspecified atom stereocenters. The van der Waals surface area contributed by atoms with E-state index in [4.69, 9.17) is 14.9 Å². The number of ether oxygens (including phenoxy) is 1. The van der Waals surface area contributed by atoms with Crippen LogP contribution in [0.4, 0.5) is 10.5 Å². The highest BCUT2D eigenvalue weighted by atomic mass is 79.9. The Bertz CT molecular complexity index is 949. The number of nitrogens with two attached hydrogens (primary N) is 1. The molecule has 6 nitrogen and oxygen atoms in total. The third-order valence-electron chi connectivity index (χ3n) is 3.44. The molecular formula is C17H13BrN2O4. The van der Waals surface area contributed by atoms with E-state index in [1.54, 1.807) is 36.4 Å². The summed E-state index contributed by atoms with van der Waals surface area (Å²) in [7, 11) is 1.53. The van der Waals surface area contributed by atoms with Gasteiger partial charge in [0.25, 0.3) is 0 Å². The van der Waals surface area contributed by atoms with Crippen molar-refractivity contribution in [2.75, 3.05) is 12.4 Å². The van der Waals surface area contributed by atoms with Crippen molar-refractivity contribution in [3.8, 4) is 5.75 Å². The van der Waals surface area contributed by atoms with Crippen LogP contribution in [0.25, 0.3) is 11.0 Å². The first-order chi connectivity index (χ1) is 11.5. The first-order valence-corrected chi connectivity index (χ1v) is 7.76. The molecule has 0 saturated heterocycles. The second-order valence-corrected chi connectivity index (χ2v) is 5.91. The molecule has 2 aromatic carbocycles. The molecule has 0 spiro atoms. The number of amides is 2. The van der Waals surface area contributed by atoms with Crippen molar-refractivity contribution in [3.63, 3.8) is 0 Å². The van der Waals surface area contributed by atoms with Gasteiger partial charge in [-0.05, 0) is 24.3 Å². The molecule has 0 aliphatic rings. The summed E-state index contributed by atoms with van der Waals surface area (Å²) in [4.78, 5) is 24.1. The molecule has 7 heteroatoms. The van der Waals surface area contributed by atoms with Crippen LogP contribution < -0.4 is 15.8 Å². The minimum atomic E-state index is -0.781. The number of carbonyl (C=O) groups excluding carboxylic acids is 2. The van der Waals surface area contributed by atoms with Crippen molar-refractivity contribution in [1.82, 2.24) is 0 Å². The number of ketones is 1. The largest absolute Gasteiger partial charge is 0.497 e. The normalized spacial score (nSPS) is 10.6. The van der Waals surface area contributed by atoms with Crippen molar-refractivity contribution in [1.29, 1.82) is 0 Å². The third-order valence-corrected chi connectivity index (χ3v) is 3.93. The number of urea groups is 1. The van der Waals surface area contributed by atoms with Gasteiger partial charge < -0.3 is 20.2 Å². The molecule has 3 aromatic rings. The standard InChI is InChI=1S/C17H13BrN2O4/c1-23-11-5-6-12-13(8-11)24-16(14(12)20-17(19)22)15(21)9-3-2-4-10(18)7-9/h2-8H,1H3,(H3,19,20,22).